The van der Waals surface area contributed by atoms with Crippen molar-refractivity contribution in [2.75, 3.05) is 30.2 Å². The summed E-state index contributed by atoms with van der Waals surface area (Å²) in [5.41, 5.74) is 2.31. The average Bonchev–Trinajstić information content (AvgIpc) is 2.82. The molecule has 8 nitrogen and oxygen atoms in total. The molecule has 0 saturated heterocycles. The molecule has 32 heavy (non-hydrogen) atoms. The van der Waals surface area contributed by atoms with Gasteiger partial charge in [-0.25, -0.2) is 0 Å². The number of nitrogens with zero attached hydrogens (tertiary/aromatic N) is 3. The van der Waals surface area contributed by atoms with E-state index >= 15 is 0 Å². The molecule has 1 atom stereocenters. The normalized spacial score (nSPS) is 17.4. The van der Waals surface area contributed by atoms with E-state index in [1.54, 1.807) is 14.2 Å². The summed E-state index contributed by atoms with van der Waals surface area (Å²) in [6.45, 7) is 2.04. The first-order valence-corrected chi connectivity index (χ1v) is 10.3. The van der Waals surface area contributed by atoms with Gasteiger partial charge in [0, 0.05) is 30.6 Å². The summed E-state index contributed by atoms with van der Waals surface area (Å²) in [6, 6.07) is 17.3. The number of nitrogens with one attached hydrogen (secondary N) is 3. The molecule has 1 unspecified atom stereocenters. The van der Waals surface area contributed by atoms with Crippen molar-refractivity contribution in [3.05, 3.63) is 78.5 Å². The van der Waals surface area contributed by atoms with Gasteiger partial charge in [0.2, 0.25) is 17.8 Å². The summed E-state index contributed by atoms with van der Waals surface area (Å²) >= 11 is 0. The summed E-state index contributed by atoms with van der Waals surface area (Å²) in [7, 11) is 3.35. The first-order valence-electron chi connectivity index (χ1n) is 10.3. The molecule has 0 fully saturated rings. The minimum absolute atomic E-state index is 0.300. The number of rotatable bonds is 8. The van der Waals surface area contributed by atoms with Crippen LogP contribution in [0.15, 0.2) is 78.5 Å². The Morgan fingerprint density at radius 2 is 1.38 bits per heavy atom. The van der Waals surface area contributed by atoms with Crippen LogP contribution in [0, 0.1) is 0 Å². The fraction of sp³-hybridized carbons (Fsp3) is 0.208. The molecule has 1 aromatic heterocycles. The lowest BCUT2D eigenvalue weighted by molar-refractivity contribution is 0.0503. The summed E-state index contributed by atoms with van der Waals surface area (Å²) < 4.78 is 10.8. The van der Waals surface area contributed by atoms with Crippen molar-refractivity contribution in [3.8, 4) is 5.75 Å². The second-order valence-corrected chi connectivity index (χ2v) is 7.49. The van der Waals surface area contributed by atoms with Crippen molar-refractivity contribution >= 4 is 29.2 Å². The van der Waals surface area contributed by atoms with E-state index in [1.807, 2.05) is 73.7 Å². The maximum Gasteiger partial charge on any atom is 0.233 e. The second kappa shape index (κ2) is 9.49. The van der Waals surface area contributed by atoms with Crippen molar-refractivity contribution in [1.82, 2.24) is 15.0 Å². The Labute approximate surface area is 187 Å². The molecule has 0 spiro atoms. The SMILES string of the molecule is COc1ccc(Nc2nc(NC3=CCC(C)(OC)C=C3)nc(Nc3ccccc3)n2)cc1. The van der Waals surface area contributed by atoms with Crippen LogP contribution in [0.2, 0.25) is 0 Å². The number of para-hydroxylation sites is 1. The molecule has 4 rings (SSSR count). The molecule has 1 aliphatic carbocycles. The third-order valence-corrected chi connectivity index (χ3v) is 5.08. The van der Waals surface area contributed by atoms with Crippen LogP contribution >= 0.6 is 0 Å². The predicted octanol–water partition coefficient (Wildman–Crippen LogP) is 5.03. The second-order valence-electron chi connectivity index (χ2n) is 7.49. The number of benzene rings is 2. The van der Waals surface area contributed by atoms with Gasteiger partial charge in [-0.3, -0.25) is 0 Å². The van der Waals surface area contributed by atoms with Gasteiger partial charge in [0.1, 0.15) is 5.75 Å². The summed E-state index contributed by atoms with van der Waals surface area (Å²) in [6.07, 6.45) is 6.81. The molecule has 164 valence electrons. The van der Waals surface area contributed by atoms with Crippen LogP contribution in [0.3, 0.4) is 0 Å². The molecule has 3 aromatic rings. The zero-order valence-electron chi connectivity index (χ0n) is 18.3. The Hall–Kier alpha value is -3.91. The number of hydrogen-bond acceptors (Lipinski definition) is 8. The fourth-order valence-electron chi connectivity index (χ4n) is 3.09. The van der Waals surface area contributed by atoms with Crippen molar-refractivity contribution in [3.63, 3.8) is 0 Å². The monoisotopic (exact) mass is 430 g/mol. The first kappa shape index (κ1) is 21.3. The quantitative estimate of drug-likeness (QED) is 0.458. The van der Waals surface area contributed by atoms with Gasteiger partial charge in [0.25, 0.3) is 0 Å². The van der Waals surface area contributed by atoms with Crippen LogP contribution in [0.4, 0.5) is 29.2 Å². The Morgan fingerprint density at radius 1 is 0.781 bits per heavy atom. The van der Waals surface area contributed by atoms with Crippen LogP contribution in [-0.4, -0.2) is 34.8 Å². The summed E-state index contributed by atoms with van der Waals surface area (Å²) in [5, 5.41) is 9.72. The predicted molar refractivity (Wildman–Crippen MR) is 127 cm³/mol. The molecule has 1 aliphatic rings. The lowest BCUT2D eigenvalue weighted by Gasteiger charge is -2.26. The van der Waals surface area contributed by atoms with Crippen LogP contribution in [-0.2, 0) is 4.74 Å². The van der Waals surface area contributed by atoms with Gasteiger partial charge in [-0.1, -0.05) is 30.4 Å². The van der Waals surface area contributed by atoms with Crippen LogP contribution < -0.4 is 20.7 Å². The van der Waals surface area contributed by atoms with Gasteiger partial charge in [-0.05, 0) is 49.4 Å². The van der Waals surface area contributed by atoms with Crippen LogP contribution in [0.5, 0.6) is 5.75 Å². The average molecular weight is 431 g/mol. The highest BCUT2D eigenvalue weighted by Crippen LogP contribution is 2.25. The van der Waals surface area contributed by atoms with Crippen molar-refractivity contribution < 1.29 is 9.47 Å². The van der Waals surface area contributed by atoms with E-state index in [1.165, 1.54) is 0 Å². The molecule has 2 aromatic carbocycles. The zero-order valence-corrected chi connectivity index (χ0v) is 18.3. The lowest BCUT2D eigenvalue weighted by Crippen LogP contribution is -2.26. The van der Waals surface area contributed by atoms with Crippen molar-refractivity contribution in [2.24, 2.45) is 0 Å². The van der Waals surface area contributed by atoms with Gasteiger partial charge in [0.05, 0.1) is 12.7 Å². The molecular formula is C24H26N6O2. The Kier molecular flexibility index (Phi) is 6.32. The number of aromatic nitrogens is 3. The molecule has 0 bridgehead atoms. The van der Waals surface area contributed by atoms with E-state index in [-0.39, 0.29) is 5.60 Å². The number of allylic oxidation sites excluding steroid dienone is 1. The topological polar surface area (TPSA) is 93.2 Å². The molecule has 0 radical (unpaired) electrons. The maximum absolute atomic E-state index is 5.54. The highest BCUT2D eigenvalue weighted by atomic mass is 16.5. The third kappa shape index (κ3) is 5.41. The maximum atomic E-state index is 5.54. The number of anilines is 5. The van der Waals surface area contributed by atoms with Crippen LogP contribution in [0.1, 0.15) is 13.3 Å². The van der Waals surface area contributed by atoms with Gasteiger partial charge in [-0.15, -0.1) is 0 Å². The molecule has 0 saturated carbocycles. The Morgan fingerprint density at radius 3 is 1.91 bits per heavy atom. The van der Waals surface area contributed by atoms with E-state index in [0.717, 1.165) is 29.2 Å². The summed E-state index contributed by atoms with van der Waals surface area (Å²) in [4.78, 5) is 13.6. The minimum Gasteiger partial charge on any atom is -0.497 e. The number of hydrogen-bond donors (Lipinski definition) is 3. The van der Waals surface area contributed by atoms with E-state index < -0.39 is 0 Å². The van der Waals surface area contributed by atoms with E-state index in [0.29, 0.717) is 17.8 Å². The minimum atomic E-state index is -0.300. The molecule has 8 heteroatoms. The standard InChI is InChI=1S/C24H26N6O2/c1-24(32-3)15-13-19(14-16-24)27-23-29-21(25-17-7-5-4-6-8-17)28-22(30-23)26-18-9-11-20(31-2)12-10-18/h4-15H,16H2,1-3H3,(H3,25,26,27,28,29,30). The molecule has 0 amide bonds. The zero-order chi connectivity index (χ0) is 22.4. The smallest absolute Gasteiger partial charge is 0.233 e. The lowest BCUT2D eigenvalue weighted by atomic mass is 9.96. The molecule has 1 heterocycles. The third-order valence-electron chi connectivity index (χ3n) is 5.08. The molecule has 3 N–H and O–H groups in total. The van der Waals surface area contributed by atoms with Crippen molar-refractivity contribution in [1.29, 1.82) is 0 Å². The largest absolute Gasteiger partial charge is 0.497 e. The van der Waals surface area contributed by atoms with E-state index in [9.17, 15) is 0 Å². The number of ether oxygens (including phenoxy) is 2. The Bertz CT molecular complexity index is 1120. The number of methoxy groups -OCH3 is 2. The van der Waals surface area contributed by atoms with Gasteiger partial charge in [-0.2, -0.15) is 15.0 Å². The molecular weight excluding hydrogens is 404 g/mol. The highest BCUT2D eigenvalue weighted by Gasteiger charge is 2.21. The summed E-state index contributed by atoms with van der Waals surface area (Å²) in [5.74, 6) is 2.03. The van der Waals surface area contributed by atoms with Gasteiger partial charge < -0.3 is 25.4 Å². The van der Waals surface area contributed by atoms with E-state index in [4.69, 9.17) is 9.47 Å². The molecule has 0 aliphatic heterocycles. The fourth-order valence-corrected chi connectivity index (χ4v) is 3.09. The van der Waals surface area contributed by atoms with Gasteiger partial charge >= 0.3 is 0 Å². The highest BCUT2D eigenvalue weighted by molar-refractivity contribution is 5.60. The first-order chi connectivity index (χ1) is 15.5. The van der Waals surface area contributed by atoms with Crippen LogP contribution in [0.25, 0.3) is 0 Å². The van der Waals surface area contributed by atoms with Crippen molar-refractivity contribution in [2.45, 2.75) is 18.9 Å². The Balaban J connectivity index is 1.59. The van der Waals surface area contributed by atoms with Gasteiger partial charge in [0.15, 0.2) is 0 Å². The van der Waals surface area contributed by atoms with E-state index in [2.05, 4.69) is 37.0 Å².